The molecule has 0 aliphatic rings. The van der Waals surface area contributed by atoms with Gasteiger partial charge in [0.25, 0.3) is 0 Å². The summed E-state index contributed by atoms with van der Waals surface area (Å²) in [5.74, 6) is 0.179. The Morgan fingerprint density at radius 3 is 2.81 bits per heavy atom. The predicted octanol–water partition coefficient (Wildman–Crippen LogP) is 4.11. The molecule has 0 aliphatic heterocycles. The maximum absolute atomic E-state index is 11.7. The second-order valence-electron chi connectivity index (χ2n) is 3.65. The number of halogens is 1. The van der Waals surface area contributed by atoms with Crippen molar-refractivity contribution in [3.63, 3.8) is 0 Å². The summed E-state index contributed by atoms with van der Waals surface area (Å²) in [6.45, 7) is 0. The summed E-state index contributed by atoms with van der Waals surface area (Å²) in [5.41, 5.74) is 0.759. The Labute approximate surface area is 104 Å². The van der Waals surface area contributed by atoms with E-state index in [0.29, 0.717) is 12.8 Å². The first kappa shape index (κ1) is 12.9. The lowest BCUT2D eigenvalue weighted by Gasteiger charge is -2.01. The van der Waals surface area contributed by atoms with Gasteiger partial charge in [0, 0.05) is 22.9 Å². The van der Waals surface area contributed by atoms with E-state index in [-0.39, 0.29) is 5.78 Å². The van der Waals surface area contributed by atoms with E-state index >= 15 is 0 Å². The minimum atomic E-state index is 0.179. The van der Waals surface area contributed by atoms with Crippen LogP contribution in [0.3, 0.4) is 0 Å². The number of hydrogen-bond donors (Lipinski definition) is 0. The summed E-state index contributed by atoms with van der Waals surface area (Å²) in [7, 11) is 0. The van der Waals surface area contributed by atoms with Crippen LogP contribution in [0.4, 0.5) is 0 Å². The van der Waals surface area contributed by atoms with Crippen LogP contribution in [0, 0.1) is 11.3 Å². The standard InChI is InChI=1S/C13H14BrNO/c14-12-7-5-6-11(10-12)13(16)8-3-1-2-4-9-15/h5-7,10H,1-4,8H2. The number of unbranched alkanes of at least 4 members (excludes halogenated alkanes) is 3. The van der Waals surface area contributed by atoms with Gasteiger partial charge in [0.1, 0.15) is 0 Å². The lowest BCUT2D eigenvalue weighted by molar-refractivity contribution is 0.0979. The van der Waals surface area contributed by atoms with Crippen LogP contribution >= 0.6 is 15.9 Å². The molecule has 16 heavy (non-hydrogen) atoms. The number of rotatable bonds is 6. The maximum Gasteiger partial charge on any atom is 0.162 e. The van der Waals surface area contributed by atoms with Gasteiger partial charge in [0.15, 0.2) is 5.78 Å². The molecule has 1 aromatic carbocycles. The highest BCUT2D eigenvalue weighted by molar-refractivity contribution is 9.10. The third-order valence-electron chi connectivity index (χ3n) is 2.34. The van der Waals surface area contributed by atoms with Gasteiger partial charge in [-0.05, 0) is 25.0 Å². The number of benzene rings is 1. The van der Waals surface area contributed by atoms with Crippen molar-refractivity contribution in [3.05, 3.63) is 34.3 Å². The molecule has 0 saturated heterocycles. The molecule has 2 nitrogen and oxygen atoms in total. The predicted molar refractivity (Wildman–Crippen MR) is 67.2 cm³/mol. The molecule has 0 aromatic heterocycles. The highest BCUT2D eigenvalue weighted by atomic mass is 79.9. The Kier molecular flexibility index (Phi) is 5.81. The average Bonchev–Trinajstić information content (AvgIpc) is 2.28. The Bertz CT molecular complexity index is 395. The van der Waals surface area contributed by atoms with Crippen molar-refractivity contribution in [1.29, 1.82) is 5.26 Å². The normalized spacial score (nSPS) is 9.75. The van der Waals surface area contributed by atoms with Crippen LogP contribution in [-0.2, 0) is 0 Å². The van der Waals surface area contributed by atoms with E-state index in [1.54, 1.807) is 0 Å². The molecular weight excluding hydrogens is 266 g/mol. The molecule has 0 fully saturated rings. The highest BCUT2D eigenvalue weighted by Crippen LogP contribution is 2.14. The van der Waals surface area contributed by atoms with Crippen LogP contribution in [0.2, 0.25) is 0 Å². The van der Waals surface area contributed by atoms with Crippen LogP contribution in [0.1, 0.15) is 42.5 Å². The molecular formula is C13H14BrNO. The molecule has 0 bridgehead atoms. The second-order valence-corrected chi connectivity index (χ2v) is 4.57. The summed E-state index contributed by atoms with van der Waals surface area (Å²) >= 11 is 3.34. The lowest BCUT2D eigenvalue weighted by Crippen LogP contribution is -1.98. The number of nitrogens with zero attached hydrogens (tertiary/aromatic N) is 1. The number of hydrogen-bond acceptors (Lipinski definition) is 2. The molecule has 0 spiro atoms. The van der Waals surface area contributed by atoms with Gasteiger partial charge in [-0.1, -0.05) is 34.5 Å². The van der Waals surface area contributed by atoms with E-state index in [9.17, 15) is 4.79 Å². The van der Waals surface area contributed by atoms with E-state index in [0.717, 1.165) is 29.3 Å². The largest absolute Gasteiger partial charge is 0.294 e. The molecule has 84 valence electrons. The number of carbonyl (C=O) groups is 1. The monoisotopic (exact) mass is 279 g/mol. The minimum absolute atomic E-state index is 0.179. The van der Waals surface area contributed by atoms with Crippen LogP contribution in [0.25, 0.3) is 0 Å². The van der Waals surface area contributed by atoms with Crippen LogP contribution < -0.4 is 0 Å². The van der Waals surface area contributed by atoms with Gasteiger partial charge in [0.2, 0.25) is 0 Å². The summed E-state index contributed by atoms with van der Waals surface area (Å²) in [6, 6.07) is 9.56. The Balaban J connectivity index is 2.33. The fourth-order valence-corrected chi connectivity index (χ4v) is 1.87. The first-order valence-corrected chi connectivity index (χ1v) is 6.19. The highest BCUT2D eigenvalue weighted by Gasteiger charge is 2.05. The second kappa shape index (κ2) is 7.19. The zero-order valence-corrected chi connectivity index (χ0v) is 10.7. The Hall–Kier alpha value is -1.14. The SMILES string of the molecule is N#CCCCCCC(=O)c1cccc(Br)c1. The Morgan fingerprint density at radius 2 is 2.12 bits per heavy atom. The van der Waals surface area contributed by atoms with Gasteiger partial charge in [0.05, 0.1) is 6.07 Å². The lowest BCUT2D eigenvalue weighted by atomic mass is 10.0. The molecule has 0 aliphatic carbocycles. The fourth-order valence-electron chi connectivity index (χ4n) is 1.47. The van der Waals surface area contributed by atoms with Crippen LogP contribution in [0.5, 0.6) is 0 Å². The van der Waals surface area contributed by atoms with E-state index < -0.39 is 0 Å². The van der Waals surface area contributed by atoms with E-state index in [2.05, 4.69) is 22.0 Å². The van der Waals surface area contributed by atoms with Crippen LogP contribution in [-0.4, -0.2) is 5.78 Å². The van der Waals surface area contributed by atoms with Gasteiger partial charge < -0.3 is 0 Å². The van der Waals surface area contributed by atoms with E-state index in [1.807, 2.05) is 24.3 Å². The fraction of sp³-hybridized carbons (Fsp3) is 0.385. The summed E-state index contributed by atoms with van der Waals surface area (Å²) in [5, 5.41) is 8.36. The molecule has 0 atom stereocenters. The third kappa shape index (κ3) is 4.59. The van der Waals surface area contributed by atoms with Crippen molar-refractivity contribution in [2.24, 2.45) is 0 Å². The van der Waals surface area contributed by atoms with E-state index in [4.69, 9.17) is 5.26 Å². The zero-order chi connectivity index (χ0) is 11.8. The Morgan fingerprint density at radius 1 is 1.31 bits per heavy atom. The van der Waals surface area contributed by atoms with Gasteiger partial charge >= 0.3 is 0 Å². The number of carbonyl (C=O) groups excluding carboxylic acids is 1. The topological polar surface area (TPSA) is 40.9 Å². The molecule has 3 heteroatoms. The summed E-state index contributed by atoms with van der Waals surface area (Å²) < 4.78 is 0.933. The minimum Gasteiger partial charge on any atom is -0.294 e. The van der Waals surface area contributed by atoms with E-state index in [1.165, 1.54) is 0 Å². The number of Topliss-reactive ketones (excluding diaryl/α,β-unsaturated/α-hetero) is 1. The molecule has 0 saturated carbocycles. The molecule has 0 amide bonds. The van der Waals surface area contributed by atoms with Crippen molar-refractivity contribution < 1.29 is 4.79 Å². The average molecular weight is 280 g/mol. The number of nitriles is 1. The molecule has 1 rings (SSSR count). The first-order chi connectivity index (χ1) is 7.74. The maximum atomic E-state index is 11.7. The van der Waals surface area contributed by atoms with Crippen molar-refractivity contribution in [2.45, 2.75) is 32.1 Å². The zero-order valence-electron chi connectivity index (χ0n) is 9.08. The van der Waals surface area contributed by atoms with Crippen molar-refractivity contribution in [1.82, 2.24) is 0 Å². The molecule has 0 heterocycles. The summed E-state index contributed by atoms with van der Waals surface area (Å²) in [6.07, 6.45) is 3.87. The van der Waals surface area contributed by atoms with Gasteiger partial charge in [-0.25, -0.2) is 0 Å². The number of ketones is 1. The quantitative estimate of drug-likeness (QED) is 0.581. The molecule has 0 N–H and O–H groups in total. The molecule has 1 aromatic rings. The van der Waals surface area contributed by atoms with Gasteiger partial charge in [-0.2, -0.15) is 5.26 Å². The third-order valence-corrected chi connectivity index (χ3v) is 2.83. The molecule has 0 radical (unpaired) electrons. The van der Waals surface area contributed by atoms with Gasteiger partial charge in [-0.3, -0.25) is 4.79 Å². The van der Waals surface area contributed by atoms with Crippen LogP contribution in [0.15, 0.2) is 28.7 Å². The smallest absolute Gasteiger partial charge is 0.162 e. The van der Waals surface area contributed by atoms with Crippen molar-refractivity contribution in [3.8, 4) is 6.07 Å². The van der Waals surface area contributed by atoms with Crippen molar-refractivity contribution in [2.75, 3.05) is 0 Å². The van der Waals surface area contributed by atoms with Crippen molar-refractivity contribution >= 4 is 21.7 Å². The summed E-state index contributed by atoms with van der Waals surface area (Å²) in [4.78, 5) is 11.7. The van der Waals surface area contributed by atoms with Gasteiger partial charge in [-0.15, -0.1) is 0 Å². The molecule has 0 unspecified atom stereocenters. The first-order valence-electron chi connectivity index (χ1n) is 5.40.